The van der Waals surface area contributed by atoms with Crippen molar-refractivity contribution < 1.29 is 9.18 Å². The minimum atomic E-state index is -0.435. The van der Waals surface area contributed by atoms with Crippen LogP contribution in [0.5, 0.6) is 0 Å². The Morgan fingerprint density at radius 2 is 1.82 bits per heavy atom. The number of pyridine rings is 1. The summed E-state index contributed by atoms with van der Waals surface area (Å²) in [6, 6.07) is 5.79. The third-order valence-corrected chi connectivity index (χ3v) is 6.85. The Hall–Kier alpha value is -2.67. The molecule has 3 atom stereocenters. The number of carbonyl (C=O) groups is 1. The fraction of sp³-hybridized carbons (Fsp3) is 0.556. The lowest BCUT2D eigenvalue weighted by atomic mass is 9.92. The van der Waals surface area contributed by atoms with Crippen LogP contribution in [-0.2, 0) is 6.54 Å². The molecule has 0 radical (unpaired) electrons. The zero-order chi connectivity index (χ0) is 25.2. The predicted molar refractivity (Wildman–Crippen MR) is 136 cm³/mol. The van der Waals surface area contributed by atoms with E-state index in [2.05, 4.69) is 41.3 Å². The van der Waals surface area contributed by atoms with Gasteiger partial charge in [0.05, 0.1) is 0 Å². The minimum absolute atomic E-state index is 0.0913. The average molecular weight is 471 g/mol. The van der Waals surface area contributed by atoms with Crippen molar-refractivity contribution in [3.8, 4) is 0 Å². The highest BCUT2D eigenvalue weighted by atomic mass is 19.1. The maximum absolute atomic E-state index is 14.8. The van der Waals surface area contributed by atoms with Gasteiger partial charge in [-0.05, 0) is 82.7 Å². The third kappa shape index (κ3) is 5.69. The zero-order valence-electron chi connectivity index (χ0n) is 21.5. The molecule has 3 rings (SSSR count). The number of halogens is 1. The van der Waals surface area contributed by atoms with Crippen molar-refractivity contribution in [1.82, 2.24) is 15.6 Å². The molecule has 3 N–H and O–H groups in total. The summed E-state index contributed by atoms with van der Waals surface area (Å²) in [4.78, 5) is 30.8. The summed E-state index contributed by atoms with van der Waals surface area (Å²) >= 11 is 0. The lowest BCUT2D eigenvalue weighted by molar-refractivity contribution is 0.0949. The Kier molecular flexibility index (Phi) is 8.18. The summed E-state index contributed by atoms with van der Waals surface area (Å²) in [5.74, 6) is -0.672. The standard InChI is InChI=1S/C27H39FN4O2/c1-8-32(21-9-16(4)30-17(5)10-21)25-13-20(28)12-23(19(25)7)26(33)29-14-24-22(15(2)3)11-18(6)31-27(24)34/h11-13,15-17,21,30H,8-10,14H2,1-7H3,(H,29,33)(H,31,34)/t16-,17?,21?/m1/s1. The number of benzene rings is 1. The minimum Gasteiger partial charge on any atom is -0.368 e. The summed E-state index contributed by atoms with van der Waals surface area (Å²) in [6.07, 6.45) is 1.92. The van der Waals surface area contributed by atoms with Gasteiger partial charge in [0.15, 0.2) is 0 Å². The van der Waals surface area contributed by atoms with E-state index in [-0.39, 0.29) is 30.0 Å². The van der Waals surface area contributed by atoms with Crippen molar-refractivity contribution >= 4 is 11.6 Å². The normalized spacial score (nSPS) is 20.4. The highest BCUT2D eigenvalue weighted by Crippen LogP contribution is 2.31. The molecular weight excluding hydrogens is 431 g/mol. The smallest absolute Gasteiger partial charge is 0.253 e. The van der Waals surface area contributed by atoms with Crippen LogP contribution in [0.25, 0.3) is 0 Å². The van der Waals surface area contributed by atoms with Crippen LogP contribution in [0.2, 0.25) is 0 Å². The van der Waals surface area contributed by atoms with Gasteiger partial charge in [0.2, 0.25) is 0 Å². The second-order valence-corrected chi connectivity index (χ2v) is 10.0. The van der Waals surface area contributed by atoms with E-state index in [1.165, 1.54) is 12.1 Å². The highest BCUT2D eigenvalue weighted by molar-refractivity contribution is 5.97. The first-order valence-electron chi connectivity index (χ1n) is 12.3. The SMILES string of the molecule is CCN(c1cc(F)cc(C(=O)NCc2c(C(C)C)cc(C)[nH]c2=O)c1C)C1CC(C)N[C@H](C)C1. The molecule has 0 saturated carbocycles. The molecule has 186 valence electrons. The van der Waals surface area contributed by atoms with Crippen molar-refractivity contribution in [2.45, 2.75) is 91.9 Å². The molecule has 1 amide bonds. The predicted octanol–water partition coefficient (Wildman–Crippen LogP) is 4.54. The van der Waals surface area contributed by atoms with Gasteiger partial charge in [-0.25, -0.2) is 4.39 Å². The number of hydrogen-bond acceptors (Lipinski definition) is 4. The van der Waals surface area contributed by atoms with Crippen molar-refractivity contribution in [1.29, 1.82) is 0 Å². The van der Waals surface area contributed by atoms with Crippen molar-refractivity contribution in [2.24, 2.45) is 0 Å². The number of nitrogens with one attached hydrogen (secondary N) is 3. The first kappa shape index (κ1) is 25.9. The number of aromatic amines is 1. The Morgan fingerprint density at radius 3 is 2.41 bits per heavy atom. The van der Waals surface area contributed by atoms with Crippen molar-refractivity contribution in [3.05, 3.63) is 62.3 Å². The van der Waals surface area contributed by atoms with Gasteiger partial charge in [-0.3, -0.25) is 9.59 Å². The van der Waals surface area contributed by atoms with Crippen LogP contribution >= 0.6 is 0 Å². The summed E-state index contributed by atoms with van der Waals surface area (Å²) in [6.45, 7) is 15.0. The van der Waals surface area contributed by atoms with Crippen LogP contribution in [0.3, 0.4) is 0 Å². The molecule has 1 aliphatic heterocycles. The van der Waals surface area contributed by atoms with Gasteiger partial charge >= 0.3 is 0 Å². The number of rotatable bonds is 7. The molecule has 1 aromatic carbocycles. The Balaban J connectivity index is 1.89. The number of aromatic nitrogens is 1. The molecular formula is C27H39FN4O2. The van der Waals surface area contributed by atoms with E-state index in [0.29, 0.717) is 23.2 Å². The van der Waals surface area contributed by atoms with Crippen LogP contribution in [0.4, 0.5) is 10.1 Å². The second-order valence-electron chi connectivity index (χ2n) is 10.0. The van der Waals surface area contributed by atoms with Gasteiger partial charge in [0.1, 0.15) is 5.82 Å². The molecule has 2 aromatic rings. The van der Waals surface area contributed by atoms with E-state index >= 15 is 0 Å². The Morgan fingerprint density at radius 1 is 1.18 bits per heavy atom. The molecule has 34 heavy (non-hydrogen) atoms. The van der Waals surface area contributed by atoms with E-state index in [4.69, 9.17) is 0 Å². The zero-order valence-corrected chi connectivity index (χ0v) is 21.5. The molecule has 1 saturated heterocycles. The second kappa shape index (κ2) is 10.7. The summed E-state index contributed by atoms with van der Waals surface area (Å²) in [7, 11) is 0. The van der Waals surface area contributed by atoms with E-state index < -0.39 is 5.82 Å². The fourth-order valence-electron chi connectivity index (χ4n) is 5.32. The summed E-state index contributed by atoms with van der Waals surface area (Å²) in [5, 5.41) is 6.42. The molecule has 2 heterocycles. The number of carbonyl (C=O) groups excluding carboxylic acids is 1. The van der Waals surface area contributed by atoms with Gasteiger partial charge < -0.3 is 20.5 Å². The maximum atomic E-state index is 14.8. The highest BCUT2D eigenvalue weighted by Gasteiger charge is 2.29. The summed E-state index contributed by atoms with van der Waals surface area (Å²) in [5.41, 5.74) is 3.85. The van der Waals surface area contributed by atoms with Gasteiger partial charge in [0.25, 0.3) is 11.5 Å². The lowest BCUT2D eigenvalue weighted by Crippen LogP contribution is -2.51. The van der Waals surface area contributed by atoms with Gasteiger partial charge in [-0.2, -0.15) is 0 Å². The molecule has 1 fully saturated rings. The van der Waals surface area contributed by atoms with Gasteiger partial charge in [-0.15, -0.1) is 0 Å². The number of piperidine rings is 1. The van der Waals surface area contributed by atoms with E-state index in [9.17, 15) is 14.0 Å². The molecule has 6 nitrogen and oxygen atoms in total. The van der Waals surface area contributed by atoms with Crippen LogP contribution in [-0.4, -0.2) is 35.6 Å². The Labute approximate surface area is 202 Å². The fourth-order valence-corrected chi connectivity index (χ4v) is 5.32. The van der Waals surface area contributed by atoms with Crippen LogP contribution in [0, 0.1) is 19.7 Å². The number of anilines is 1. The first-order chi connectivity index (χ1) is 16.0. The first-order valence-corrected chi connectivity index (χ1v) is 12.3. The number of amides is 1. The lowest BCUT2D eigenvalue weighted by Gasteiger charge is -2.41. The maximum Gasteiger partial charge on any atom is 0.253 e. The topological polar surface area (TPSA) is 77.2 Å². The molecule has 2 unspecified atom stereocenters. The van der Waals surface area contributed by atoms with Crippen molar-refractivity contribution in [3.63, 3.8) is 0 Å². The molecule has 0 aliphatic carbocycles. The molecule has 0 spiro atoms. The number of hydrogen-bond donors (Lipinski definition) is 3. The van der Waals surface area contributed by atoms with Gasteiger partial charge in [-0.1, -0.05) is 13.8 Å². The van der Waals surface area contributed by atoms with E-state index in [1.807, 2.05) is 33.8 Å². The van der Waals surface area contributed by atoms with Crippen LogP contribution in [0.15, 0.2) is 23.0 Å². The monoisotopic (exact) mass is 470 g/mol. The Bertz CT molecular complexity index is 1080. The molecule has 7 heteroatoms. The molecule has 0 bridgehead atoms. The number of aryl methyl sites for hydroxylation is 1. The van der Waals surface area contributed by atoms with Crippen LogP contribution < -0.4 is 21.1 Å². The van der Waals surface area contributed by atoms with Gasteiger partial charge in [0, 0.05) is 53.7 Å². The van der Waals surface area contributed by atoms with E-state index in [1.54, 1.807) is 0 Å². The number of nitrogens with zero attached hydrogens (tertiary/aromatic N) is 1. The third-order valence-electron chi connectivity index (χ3n) is 6.85. The van der Waals surface area contributed by atoms with E-state index in [0.717, 1.165) is 41.9 Å². The molecule has 1 aliphatic rings. The molecule has 1 aromatic heterocycles. The average Bonchev–Trinajstić information content (AvgIpc) is 2.74. The largest absolute Gasteiger partial charge is 0.368 e. The summed E-state index contributed by atoms with van der Waals surface area (Å²) < 4.78 is 14.8. The quantitative estimate of drug-likeness (QED) is 0.555. The van der Waals surface area contributed by atoms with Crippen molar-refractivity contribution in [2.75, 3.05) is 11.4 Å². The number of H-pyrrole nitrogens is 1. The van der Waals surface area contributed by atoms with Crippen LogP contribution in [0.1, 0.15) is 86.1 Å².